The summed E-state index contributed by atoms with van der Waals surface area (Å²) in [6.45, 7) is 7.16. The zero-order valence-corrected chi connectivity index (χ0v) is 13.5. The van der Waals surface area contributed by atoms with Crippen molar-refractivity contribution in [2.45, 2.75) is 42.1 Å². The molecule has 0 atom stereocenters. The molecular formula is C13H16ClN3S2. The van der Waals surface area contributed by atoms with Crippen LogP contribution in [0.1, 0.15) is 26.3 Å². The average Bonchev–Trinajstić information content (AvgIpc) is 2.79. The summed E-state index contributed by atoms with van der Waals surface area (Å²) < 4.78 is 4.95. The smallest absolute Gasteiger partial charge is 0.174 e. The molecule has 1 heterocycles. The third-order valence-electron chi connectivity index (χ3n) is 2.41. The number of nitrogens with zero attached hydrogens (tertiary/aromatic N) is 2. The van der Waals surface area contributed by atoms with Gasteiger partial charge in [0.25, 0.3) is 0 Å². The van der Waals surface area contributed by atoms with Gasteiger partial charge in [-0.3, -0.25) is 0 Å². The van der Waals surface area contributed by atoms with Gasteiger partial charge in [0.2, 0.25) is 0 Å². The number of rotatable bonds is 4. The molecule has 0 saturated carbocycles. The van der Waals surface area contributed by atoms with Gasteiger partial charge in [0.05, 0.1) is 0 Å². The highest BCUT2D eigenvalue weighted by Gasteiger charge is 2.14. The molecule has 0 amide bonds. The van der Waals surface area contributed by atoms with Gasteiger partial charge in [-0.2, -0.15) is 4.37 Å². The third kappa shape index (κ3) is 4.45. The van der Waals surface area contributed by atoms with Crippen LogP contribution in [0.15, 0.2) is 33.8 Å². The zero-order valence-electron chi connectivity index (χ0n) is 11.1. The van der Waals surface area contributed by atoms with Gasteiger partial charge in [0.15, 0.2) is 4.34 Å². The van der Waals surface area contributed by atoms with Gasteiger partial charge < -0.3 is 5.32 Å². The maximum Gasteiger partial charge on any atom is 0.174 e. The van der Waals surface area contributed by atoms with E-state index in [0.717, 1.165) is 26.4 Å². The van der Waals surface area contributed by atoms with Crippen LogP contribution in [0, 0.1) is 0 Å². The van der Waals surface area contributed by atoms with Gasteiger partial charge in [-0.05, 0) is 50.0 Å². The molecule has 0 bridgehead atoms. The number of hydrogen-bond acceptors (Lipinski definition) is 5. The van der Waals surface area contributed by atoms with E-state index in [1.54, 1.807) is 18.1 Å². The van der Waals surface area contributed by atoms with Crippen molar-refractivity contribution in [3.05, 3.63) is 35.1 Å². The first-order valence-corrected chi connectivity index (χ1v) is 7.89. The molecule has 0 spiro atoms. The predicted molar refractivity (Wildman–Crippen MR) is 82.1 cm³/mol. The minimum atomic E-state index is 0.0594. The van der Waals surface area contributed by atoms with E-state index < -0.39 is 0 Å². The minimum absolute atomic E-state index is 0.0594. The highest BCUT2D eigenvalue weighted by molar-refractivity contribution is 8.01. The Morgan fingerprint density at radius 1 is 1.37 bits per heavy atom. The summed E-state index contributed by atoms with van der Waals surface area (Å²) in [6.07, 6.45) is 1.57. The molecule has 19 heavy (non-hydrogen) atoms. The molecule has 1 aromatic heterocycles. The van der Waals surface area contributed by atoms with Crippen LogP contribution < -0.4 is 5.32 Å². The number of halogens is 1. The van der Waals surface area contributed by atoms with Crippen LogP contribution in [-0.2, 0) is 6.54 Å². The lowest BCUT2D eigenvalue weighted by Crippen LogP contribution is -2.35. The number of nitrogens with one attached hydrogen (secondary N) is 1. The lowest BCUT2D eigenvalue weighted by Gasteiger charge is -2.22. The lowest BCUT2D eigenvalue weighted by molar-refractivity contribution is 0.422. The van der Waals surface area contributed by atoms with Crippen LogP contribution in [0.4, 0.5) is 0 Å². The van der Waals surface area contributed by atoms with Crippen molar-refractivity contribution < 1.29 is 0 Å². The second-order valence-corrected chi connectivity index (χ2v) is 7.61. The van der Waals surface area contributed by atoms with Crippen LogP contribution in [-0.4, -0.2) is 14.9 Å². The van der Waals surface area contributed by atoms with Crippen LogP contribution in [0.3, 0.4) is 0 Å². The predicted octanol–water partition coefficient (Wildman–Crippen LogP) is 4.23. The molecule has 2 rings (SSSR count). The lowest BCUT2D eigenvalue weighted by atomic mass is 10.1. The third-order valence-corrected chi connectivity index (χ3v) is 4.58. The van der Waals surface area contributed by atoms with E-state index in [4.69, 9.17) is 11.6 Å². The monoisotopic (exact) mass is 313 g/mol. The summed E-state index contributed by atoms with van der Waals surface area (Å²) in [7, 11) is 0. The molecule has 1 aromatic carbocycles. The highest BCUT2D eigenvalue weighted by Crippen LogP contribution is 2.34. The van der Waals surface area contributed by atoms with Gasteiger partial charge in [-0.15, -0.1) is 0 Å². The fourth-order valence-corrected chi connectivity index (χ4v) is 3.33. The molecule has 1 N–H and O–H groups in total. The Kier molecular flexibility index (Phi) is 4.84. The minimum Gasteiger partial charge on any atom is -0.308 e. The van der Waals surface area contributed by atoms with Gasteiger partial charge in [-0.25, -0.2) is 4.98 Å². The van der Waals surface area contributed by atoms with Gasteiger partial charge in [-0.1, -0.05) is 29.4 Å². The second kappa shape index (κ2) is 6.22. The molecule has 0 fully saturated rings. The summed E-state index contributed by atoms with van der Waals surface area (Å²) in [5.74, 6) is 0. The first-order chi connectivity index (χ1) is 8.96. The molecule has 0 radical (unpaired) electrons. The van der Waals surface area contributed by atoms with Crippen molar-refractivity contribution in [3.63, 3.8) is 0 Å². The van der Waals surface area contributed by atoms with E-state index in [2.05, 4.69) is 41.5 Å². The highest BCUT2D eigenvalue weighted by atomic mass is 35.5. The van der Waals surface area contributed by atoms with Crippen LogP contribution >= 0.6 is 34.9 Å². The Hall–Kier alpha value is -0.620. The molecule has 102 valence electrons. The quantitative estimate of drug-likeness (QED) is 0.916. The molecular weight excluding hydrogens is 298 g/mol. The van der Waals surface area contributed by atoms with Crippen molar-refractivity contribution in [2.24, 2.45) is 0 Å². The van der Waals surface area contributed by atoms with Crippen LogP contribution in [0.25, 0.3) is 0 Å². The topological polar surface area (TPSA) is 37.8 Å². The fraction of sp³-hybridized carbons (Fsp3) is 0.385. The first-order valence-electron chi connectivity index (χ1n) is 5.93. The van der Waals surface area contributed by atoms with Crippen molar-refractivity contribution in [2.75, 3.05) is 0 Å². The molecule has 0 saturated heterocycles. The van der Waals surface area contributed by atoms with Crippen molar-refractivity contribution >= 4 is 34.9 Å². The molecule has 2 aromatic rings. The summed E-state index contributed by atoms with van der Waals surface area (Å²) in [5, 5.41) is 4.25. The van der Waals surface area contributed by atoms with E-state index in [1.165, 1.54) is 11.5 Å². The number of hydrogen-bond donors (Lipinski definition) is 1. The van der Waals surface area contributed by atoms with E-state index in [1.807, 2.05) is 12.1 Å². The SMILES string of the molecule is CC(C)(C)NCc1c(Cl)cccc1Sc1ncns1. The summed E-state index contributed by atoms with van der Waals surface area (Å²) >= 11 is 9.31. The van der Waals surface area contributed by atoms with Crippen molar-refractivity contribution in [3.8, 4) is 0 Å². The Labute approximate surface area is 127 Å². The van der Waals surface area contributed by atoms with E-state index in [0.29, 0.717) is 0 Å². The van der Waals surface area contributed by atoms with E-state index in [9.17, 15) is 0 Å². The van der Waals surface area contributed by atoms with Crippen LogP contribution in [0.2, 0.25) is 5.02 Å². The fourth-order valence-electron chi connectivity index (χ4n) is 1.46. The van der Waals surface area contributed by atoms with Crippen LogP contribution in [0.5, 0.6) is 0 Å². The second-order valence-electron chi connectivity index (χ2n) is 5.13. The Morgan fingerprint density at radius 2 is 2.16 bits per heavy atom. The van der Waals surface area contributed by atoms with Crippen molar-refractivity contribution in [1.82, 2.24) is 14.7 Å². The molecule has 0 aliphatic rings. The Balaban J connectivity index is 2.20. The molecule has 0 aliphatic carbocycles. The van der Waals surface area contributed by atoms with Gasteiger partial charge >= 0.3 is 0 Å². The van der Waals surface area contributed by atoms with E-state index in [-0.39, 0.29) is 5.54 Å². The molecule has 0 unspecified atom stereocenters. The molecule has 3 nitrogen and oxygen atoms in total. The summed E-state index contributed by atoms with van der Waals surface area (Å²) in [5.41, 5.74) is 1.17. The Morgan fingerprint density at radius 3 is 2.79 bits per heavy atom. The maximum atomic E-state index is 6.31. The van der Waals surface area contributed by atoms with E-state index >= 15 is 0 Å². The summed E-state index contributed by atoms with van der Waals surface area (Å²) in [6, 6.07) is 5.95. The number of benzene rings is 1. The standard InChI is InChI=1S/C13H16ClN3S2/c1-13(2,3)16-7-9-10(14)5-4-6-11(9)18-12-15-8-17-19-12/h4-6,8,16H,7H2,1-3H3. The Bertz CT molecular complexity index is 535. The normalized spacial score (nSPS) is 11.8. The molecule has 0 aliphatic heterocycles. The van der Waals surface area contributed by atoms with Crippen molar-refractivity contribution in [1.29, 1.82) is 0 Å². The van der Waals surface area contributed by atoms with Gasteiger partial charge in [0, 0.05) is 22.0 Å². The number of aromatic nitrogens is 2. The maximum absolute atomic E-state index is 6.31. The largest absolute Gasteiger partial charge is 0.308 e. The molecule has 6 heteroatoms. The van der Waals surface area contributed by atoms with Gasteiger partial charge in [0.1, 0.15) is 6.33 Å². The zero-order chi connectivity index (χ0) is 13.9. The average molecular weight is 314 g/mol. The summed E-state index contributed by atoms with van der Waals surface area (Å²) in [4.78, 5) is 5.32. The first kappa shape index (κ1) is 14.8.